The molecule has 3 N–H and O–H groups in total. The third kappa shape index (κ3) is 4.30. The molecule has 0 spiro atoms. The molecular formula is C16H19NO4S. The molecule has 0 aliphatic rings. The van der Waals surface area contributed by atoms with Crippen molar-refractivity contribution in [3.05, 3.63) is 59.7 Å². The van der Waals surface area contributed by atoms with E-state index in [4.69, 9.17) is 0 Å². The number of phenolic OH excluding ortho intramolecular Hbond substituents is 1. The summed E-state index contributed by atoms with van der Waals surface area (Å²) in [4.78, 5) is 0.169. The van der Waals surface area contributed by atoms with Gasteiger partial charge in [0.05, 0.1) is 11.5 Å². The largest absolute Gasteiger partial charge is 0.508 e. The Hall–Kier alpha value is -1.89. The van der Waals surface area contributed by atoms with Crippen molar-refractivity contribution in [1.29, 1.82) is 0 Å². The molecule has 0 heterocycles. The van der Waals surface area contributed by atoms with Gasteiger partial charge in [-0.05, 0) is 43.2 Å². The Labute approximate surface area is 130 Å². The molecule has 5 nitrogen and oxygen atoms in total. The first-order valence-corrected chi connectivity index (χ1v) is 8.37. The minimum Gasteiger partial charge on any atom is -0.508 e. The van der Waals surface area contributed by atoms with Crippen LogP contribution in [0, 0.1) is 6.92 Å². The summed E-state index contributed by atoms with van der Waals surface area (Å²) in [5, 5.41) is 18.7. The topological polar surface area (TPSA) is 86.6 Å². The minimum atomic E-state index is -3.68. The maximum atomic E-state index is 12.3. The monoisotopic (exact) mass is 321 g/mol. The standard InChI is InChI=1S/C16H19NO4S/c1-12-2-8-16(9-3-12)22(20,21)17-14(11-18)10-13-4-6-15(19)7-5-13/h2-9,14,17-19H,10-11H2,1H3/t14-/m1/s1. The van der Waals surface area contributed by atoms with Crippen molar-refractivity contribution in [2.45, 2.75) is 24.3 Å². The number of aliphatic hydroxyl groups excluding tert-OH is 1. The second-order valence-electron chi connectivity index (χ2n) is 5.18. The first kappa shape index (κ1) is 16.5. The van der Waals surface area contributed by atoms with E-state index in [1.165, 1.54) is 24.3 Å². The van der Waals surface area contributed by atoms with E-state index in [1.54, 1.807) is 24.3 Å². The Balaban J connectivity index is 2.11. The summed E-state index contributed by atoms with van der Waals surface area (Å²) in [5.41, 5.74) is 1.80. The van der Waals surface area contributed by atoms with Crippen LogP contribution in [0.5, 0.6) is 5.75 Å². The molecule has 0 fully saturated rings. The molecule has 2 aromatic carbocycles. The van der Waals surface area contributed by atoms with Crippen LogP contribution in [0.25, 0.3) is 0 Å². The third-order valence-corrected chi connectivity index (χ3v) is 4.83. The van der Waals surface area contributed by atoms with Crippen molar-refractivity contribution < 1.29 is 18.6 Å². The van der Waals surface area contributed by atoms with Crippen LogP contribution in [-0.4, -0.2) is 31.3 Å². The van der Waals surface area contributed by atoms with Crippen LogP contribution in [0.2, 0.25) is 0 Å². The van der Waals surface area contributed by atoms with Crippen LogP contribution in [-0.2, 0) is 16.4 Å². The average Bonchev–Trinajstić information content (AvgIpc) is 2.49. The van der Waals surface area contributed by atoms with Crippen LogP contribution < -0.4 is 4.72 Å². The van der Waals surface area contributed by atoms with Crippen molar-refractivity contribution in [2.75, 3.05) is 6.61 Å². The summed E-state index contributed by atoms with van der Waals surface area (Å²) < 4.78 is 27.1. The van der Waals surface area contributed by atoms with Gasteiger partial charge in [0, 0.05) is 6.04 Å². The Morgan fingerprint density at radius 2 is 1.64 bits per heavy atom. The minimum absolute atomic E-state index is 0.143. The molecule has 118 valence electrons. The zero-order valence-corrected chi connectivity index (χ0v) is 13.0. The molecule has 2 rings (SSSR count). The zero-order valence-electron chi connectivity index (χ0n) is 12.2. The Bertz CT molecular complexity index is 709. The van der Waals surface area contributed by atoms with Gasteiger partial charge in [-0.15, -0.1) is 0 Å². The molecule has 0 aromatic heterocycles. The molecular weight excluding hydrogens is 302 g/mol. The number of nitrogens with one attached hydrogen (secondary N) is 1. The first-order chi connectivity index (χ1) is 10.4. The van der Waals surface area contributed by atoms with Crippen LogP contribution in [0.15, 0.2) is 53.4 Å². The number of aliphatic hydroxyl groups is 1. The van der Waals surface area contributed by atoms with Gasteiger partial charge in [0.2, 0.25) is 10.0 Å². The van der Waals surface area contributed by atoms with E-state index in [-0.39, 0.29) is 17.3 Å². The zero-order chi connectivity index (χ0) is 16.2. The van der Waals surface area contributed by atoms with E-state index in [9.17, 15) is 18.6 Å². The summed E-state index contributed by atoms with van der Waals surface area (Å²) in [6.45, 7) is 1.57. The summed E-state index contributed by atoms with van der Waals surface area (Å²) in [5.74, 6) is 0.143. The molecule has 0 aliphatic heterocycles. The van der Waals surface area contributed by atoms with E-state index in [2.05, 4.69) is 4.72 Å². The third-order valence-electron chi connectivity index (χ3n) is 3.29. The highest BCUT2D eigenvalue weighted by Gasteiger charge is 2.19. The number of rotatable bonds is 6. The van der Waals surface area contributed by atoms with Crippen LogP contribution in [0.1, 0.15) is 11.1 Å². The van der Waals surface area contributed by atoms with Gasteiger partial charge in [0.15, 0.2) is 0 Å². The van der Waals surface area contributed by atoms with Gasteiger partial charge >= 0.3 is 0 Å². The molecule has 0 saturated carbocycles. The van der Waals surface area contributed by atoms with Gasteiger partial charge in [-0.1, -0.05) is 29.8 Å². The fourth-order valence-electron chi connectivity index (χ4n) is 2.06. The lowest BCUT2D eigenvalue weighted by molar-refractivity contribution is 0.256. The molecule has 0 saturated heterocycles. The Kier molecular flexibility index (Phi) is 5.18. The average molecular weight is 321 g/mol. The Morgan fingerprint density at radius 1 is 1.05 bits per heavy atom. The van der Waals surface area contributed by atoms with Crippen LogP contribution in [0.3, 0.4) is 0 Å². The molecule has 0 unspecified atom stereocenters. The maximum Gasteiger partial charge on any atom is 0.240 e. The van der Waals surface area contributed by atoms with E-state index < -0.39 is 16.1 Å². The number of aryl methyl sites for hydroxylation is 1. The highest BCUT2D eigenvalue weighted by atomic mass is 32.2. The summed E-state index contributed by atoms with van der Waals surface area (Å²) in [7, 11) is -3.68. The second kappa shape index (κ2) is 6.91. The molecule has 0 amide bonds. The highest BCUT2D eigenvalue weighted by Crippen LogP contribution is 2.14. The van der Waals surface area contributed by atoms with Gasteiger partial charge in [-0.3, -0.25) is 0 Å². The molecule has 0 radical (unpaired) electrons. The summed E-state index contributed by atoms with van der Waals surface area (Å²) in [6.07, 6.45) is 0.335. The number of hydrogen-bond donors (Lipinski definition) is 3. The molecule has 22 heavy (non-hydrogen) atoms. The van der Waals surface area contributed by atoms with E-state index in [1.807, 2.05) is 6.92 Å². The van der Waals surface area contributed by atoms with Crippen LogP contribution >= 0.6 is 0 Å². The maximum absolute atomic E-state index is 12.3. The lowest BCUT2D eigenvalue weighted by Crippen LogP contribution is -2.39. The first-order valence-electron chi connectivity index (χ1n) is 6.88. The molecule has 0 aliphatic carbocycles. The number of benzene rings is 2. The predicted molar refractivity (Wildman–Crippen MR) is 84.2 cm³/mol. The van der Waals surface area contributed by atoms with E-state index in [0.717, 1.165) is 11.1 Å². The highest BCUT2D eigenvalue weighted by molar-refractivity contribution is 7.89. The normalized spacial score (nSPS) is 13.0. The van der Waals surface area contributed by atoms with Gasteiger partial charge in [-0.25, -0.2) is 13.1 Å². The van der Waals surface area contributed by atoms with Crippen molar-refractivity contribution in [3.8, 4) is 5.75 Å². The van der Waals surface area contributed by atoms with Gasteiger partial charge in [0.25, 0.3) is 0 Å². The number of aromatic hydroxyl groups is 1. The molecule has 2 aromatic rings. The SMILES string of the molecule is Cc1ccc(S(=O)(=O)N[C@@H](CO)Cc2ccc(O)cc2)cc1. The van der Waals surface area contributed by atoms with Crippen molar-refractivity contribution >= 4 is 10.0 Å². The van der Waals surface area contributed by atoms with Crippen molar-refractivity contribution in [1.82, 2.24) is 4.72 Å². The van der Waals surface area contributed by atoms with Gasteiger partial charge in [0.1, 0.15) is 5.75 Å². The lowest BCUT2D eigenvalue weighted by Gasteiger charge is -2.16. The predicted octanol–water partition coefficient (Wildman–Crippen LogP) is 1.58. The quantitative estimate of drug-likeness (QED) is 0.754. The number of phenols is 1. The Morgan fingerprint density at radius 3 is 2.18 bits per heavy atom. The fourth-order valence-corrected chi connectivity index (χ4v) is 3.29. The van der Waals surface area contributed by atoms with E-state index >= 15 is 0 Å². The molecule has 0 bridgehead atoms. The van der Waals surface area contributed by atoms with Crippen molar-refractivity contribution in [2.24, 2.45) is 0 Å². The van der Waals surface area contributed by atoms with Gasteiger partial charge < -0.3 is 10.2 Å². The molecule has 6 heteroatoms. The number of hydrogen-bond acceptors (Lipinski definition) is 4. The fraction of sp³-hybridized carbons (Fsp3) is 0.250. The summed E-state index contributed by atoms with van der Waals surface area (Å²) in [6, 6.07) is 12.3. The second-order valence-corrected chi connectivity index (χ2v) is 6.90. The lowest BCUT2D eigenvalue weighted by atomic mass is 10.1. The van der Waals surface area contributed by atoms with E-state index in [0.29, 0.717) is 6.42 Å². The molecule has 1 atom stereocenters. The smallest absolute Gasteiger partial charge is 0.240 e. The van der Waals surface area contributed by atoms with Crippen molar-refractivity contribution in [3.63, 3.8) is 0 Å². The number of sulfonamides is 1. The summed E-state index contributed by atoms with van der Waals surface area (Å²) >= 11 is 0. The van der Waals surface area contributed by atoms with Gasteiger partial charge in [-0.2, -0.15) is 0 Å². The van der Waals surface area contributed by atoms with Crippen LogP contribution in [0.4, 0.5) is 0 Å².